The molecule has 1 N–H and O–H groups in total. The molecule has 2 aliphatic heterocycles. The van der Waals surface area contributed by atoms with E-state index in [1.54, 1.807) is 11.1 Å². The summed E-state index contributed by atoms with van der Waals surface area (Å²) in [5, 5.41) is 2.36. The first-order valence-corrected chi connectivity index (χ1v) is 12.0. The number of imidazole rings is 1. The van der Waals surface area contributed by atoms with Crippen molar-refractivity contribution in [2.45, 2.75) is 51.9 Å². The van der Waals surface area contributed by atoms with Crippen LogP contribution in [0.15, 0.2) is 24.5 Å². The molecule has 0 spiro atoms. The van der Waals surface area contributed by atoms with Crippen LogP contribution in [0.25, 0.3) is 5.65 Å². The number of carbonyl (C=O) groups is 2. The second-order valence-corrected chi connectivity index (χ2v) is 9.35. The van der Waals surface area contributed by atoms with E-state index in [0.717, 1.165) is 49.9 Å². The Bertz CT molecular complexity index is 936. The summed E-state index contributed by atoms with van der Waals surface area (Å²) in [6.45, 7) is 6.80. The molecule has 0 bridgehead atoms. The molecule has 0 unspecified atom stereocenters. The first-order valence-electron chi connectivity index (χ1n) is 12.0. The van der Waals surface area contributed by atoms with Crippen molar-refractivity contribution >= 4 is 29.1 Å². The second-order valence-electron chi connectivity index (χ2n) is 9.35. The van der Waals surface area contributed by atoms with E-state index in [1.807, 2.05) is 16.7 Å². The standard InChI is InChI=1S/C17H22N6O2.C7H14/c1-20-6-3-7-21(11-10-20)13-4-2-8-22-15(12-18-16(13)22)23-9-5-14(24)19-17(23)25;1-7-5-3-2-4-6-7/h2,4,8,12H,3,5-7,9-11H2,1H3,(H,19,24,25);7H,2-6H2,1H3. The molecular formula is C24H36N6O2. The third-order valence-electron chi connectivity index (χ3n) is 6.78. The summed E-state index contributed by atoms with van der Waals surface area (Å²) in [5.74, 6) is 1.49. The molecule has 4 heterocycles. The van der Waals surface area contributed by atoms with Crippen LogP contribution in [0.4, 0.5) is 16.3 Å². The van der Waals surface area contributed by atoms with Crippen molar-refractivity contribution in [3.63, 3.8) is 0 Å². The molecule has 2 saturated heterocycles. The van der Waals surface area contributed by atoms with Gasteiger partial charge in [0.25, 0.3) is 0 Å². The SMILES string of the molecule is CC1CCCCC1.CN1CCCN(c2cccn3c(N4CCC(=O)NC4=O)cnc23)CC1. The number of imide groups is 1. The van der Waals surface area contributed by atoms with Crippen molar-refractivity contribution in [3.8, 4) is 0 Å². The molecular weight excluding hydrogens is 404 g/mol. The number of rotatable bonds is 2. The lowest BCUT2D eigenvalue weighted by atomic mass is 9.91. The number of hydrogen-bond acceptors (Lipinski definition) is 5. The average Bonchev–Trinajstić information content (AvgIpc) is 3.09. The third kappa shape index (κ3) is 5.23. The van der Waals surface area contributed by atoms with Crippen LogP contribution in [-0.2, 0) is 4.79 Å². The quantitative estimate of drug-likeness (QED) is 0.774. The summed E-state index contributed by atoms with van der Waals surface area (Å²) in [5.41, 5.74) is 1.92. The van der Waals surface area contributed by atoms with E-state index >= 15 is 0 Å². The normalized spacial score (nSPS) is 21.2. The molecule has 1 saturated carbocycles. The molecule has 2 aromatic rings. The summed E-state index contributed by atoms with van der Waals surface area (Å²) in [7, 11) is 2.15. The Kier molecular flexibility index (Phi) is 7.29. The monoisotopic (exact) mass is 440 g/mol. The number of aromatic nitrogens is 2. The number of anilines is 2. The van der Waals surface area contributed by atoms with E-state index in [1.165, 1.54) is 32.1 Å². The maximum absolute atomic E-state index is 12.2. The van der Waals surface area contributed by atoms with E-state index in [2.05, 4.69) is 40.1 Å². The van der Waals surface area contributed by atoms with Gasteiger partial charge in [0.05, 0.1) is 11.9 Å². The molecule has 174 valence electrons. The van der Waals surface area contributed by atoms with E-state index < -0.39 is 0 Å². The van der Waals surface area contributed by atoms with E-state index in [4.69, 9.17) is 0 Å². The summed E-state index contributed by atoms with van der Waals surface area (Å²) in [4.78, 5) is 34.4. The smallest absolute Gasteiger partial charge is 0.329 e. The van der Waals surface area contributed by atoms with E-state index in [9.17, 15) is 9.59 Å². The Balaban J connectivity index is 0.000000300. The van der Waals surface area contributed by atoms with Gasteiger partial charge < -0.3 is 9.80 Å². The molecule has 3 amide bonds. The maximum atomic E-state index is 12.2. The number of carbonyl (C=O) groups excluding carboxylic acids is 2. The minimum absolute atomic E-state index is 0.232. The molecule has 0 aromatic carbocycles. The van der Waals surface area contributed by atoms with Crippen LogP contribution in [-0.4, -0.2) is 66.0 Å². The Morgan fingerprint density at radius 1 is 1.00 bits per heavy atom. The summed E-state index contributed by atoms with van der Waals surface area (Å²) in [6.07, 6.45) is 12.5. The summed E-state index contributed by atoms with van der Waals surface area (Å²) < 4.78 is 1.93. The molecule has 0 atom stereocenters. The minimum atomic E-state index is -0.389. The highest BCUT2D eigenvalue weighted by Gasteiger charge is 2.27. The predicted octanol–water partition coefficient (Wildman–Crippen LogP) is 3.51. The summed E-state index contributed by atoms with van der Waals surface area (Å²) >= 11 is 0. The number of pyridine rings is 1. The van der Waals surface area contributed by atoms with E-state index in [0.29, 0.717) is 18.8 Å². The van der Waals surface area contributed by atoms with Crippen molar-refractivity contribution in [1.82, 2.24) is 19.6 Å². The number of likely N-dealkylation sites (N-methyl/N-ethyl adjacent to an activating group) is 1. The highest BCUT2D eigenvalue weighted by Crippen LogP contribution is 2.27. The molecule has 0 radical (unpaired) electrons. The van der Waals surface area contributed by atoms with Gasteiger partial charge in [-0.15, -0.1) is 0 Å². The van der Waals surface area contributed by atoms with Crippen molar-refractivity contribution in [2.24, 2.45) is 5.92 Å². The fourth-order valence-electron chi connectivity index (χ4n) is 4.81. The second kappa shape index (κ2) is 10.3. The summed E-state index contributed by atoms with van der Waals surface area (Å²) in [6, 6.07) is 3.67. The fourth-order valence-corrected chi connectivity index (χ4v) is 4.81. The molecule has 2 aromatic heterocycles. The van der Waals surface area contributed by atoms with Gasteiger partial charge >= 0.3 is 6.03 Å². The van der Waals surface area contributed by atoms with Gasteiger partial charge in [-0.2, -0.15) is 0 Å². The zero-order chi connectivity index (χ0) is 22.5. The first-order chi connectivity index (χ1) is 15.5. The fraction of sp³-hybridized carbons (Fsp3) is 0.625. The zero-order valence-corrected chi connectivity index (χ0v) is 19.4. The molecule has 8 heteroatoms. The lowest BCUT2D eigenvalue weighted by molar-refractivity contribution is -0.120. The Hall–Kier alpha value is -2.61. The van der Waals surface area contributed by atoms with Crippen molar-refractivity contribution in [1.29, 1.82) is 0 Å². The van der Waals surface area contributed by atoms with Gasteiger partial charge in [0.15, 0.2) is 5.65 Å². The Morgan fingerprint density at radius 2 is 1.81 bits per heavy atom. The average molecular weight is 441 g/mol. The molecule has 5 rings (SSSR count). The van der Waals surface area contributed by atoms with Crippen LogP contribution in [0, 0.1) is 5.92 Å². The van der Waals surface area contributed by atoms with Crippen LogP contribution < -0.4 is 15.1 Å². The van der Waals surface area contributed by atoms with Crippen molar-refractivity contribution in [2.75, 3.05) is 49.6 Å². The van der Waals surface area contributed by atoms with Crippen LogP contribution in [0.2, 0.25) is 0 Å². The van der Waals surface area contributed by atoms with Gasteiger partial charge in [-0.05, 0) is 38.1 Å². The zero-order valence-electron chi connectivity index (χ0n) is 19.4. The van der Waals surface area contributed by atoms with Gasteiger partial charge in [0, 0.05) is 38.8 Å². The maximum Gasteiger partial charge on any atom is 0.329 e. The molecule has 3 aliphatic rings. The molecule has 3 fully saturated rings. The van der Waals surface area contributed by atoms with Crippen LogP contribution in [0.3, 0.4) is 0 Å². The van der Waals surface area contributed by atoms with Gasteiger partial charge in [-0.3, -0.25) is 19.4 Å². The largest absolute Gasteiger partial charge is 0.367 e. The Labute approximate surface area is 190 Å². The highest BCUT2D eigenvalue weighted by molar-refractivity contribution is 6.05. The number of nitrogens with one attached hydrogen (secondary N) is 1. The predicted molar refractivity (Wildman–Crippen MR) is 127 cm³/mol. The van der Waals surface area contributed by atoms with Crippen LogP contribution in [0.1, 0.15) is 51.9 Å². The number of urea groups is 1. The number of amides is 3. The van der Waals surface area contributed by atoms with Crippen molar-refractivity contribution in [3.05, 3.63) is 24.5 Å². The molecule has 32 heavy (non-hydrogen) atoms. The lowest BCUT2D eigenvalue weighted by Gasteiger charge is -2.26. The molecule has 8 nitrogen and oxygen atoms in total. The highest BCUT2D eigenvalue weighted by atomic mass is 16.2. The van der Waals surface area contributed by atoms with Crippen LogP contribution >= 0.6 is 0 Å². The van der Waals surface area contributed by atoms with Gasteiger partial charge in [-0.25, -0.2) is 9.78 Å². The minimum Gasteiger partial charge on any atom is -0.367 e. The first kappa shape index (κ1) is 22.6. The number of hydrogen-bond donors (Lipinski definition) is 1. The topological polar surface area (TPSA) is 73.2 Å². The third-order valence-corrected chi connectivity index (χ3v) is 6.78. The Morgan fingerprint density at radius 3 is 2.53 bits per heavy atom. The lowest BCUT2D eigenvalue weighted by Crippen LogP contribution is -2.50. The van der Waals surface area contributed by atoms with Crippen LogP contribution in [0.5, 0.6) is 0 Å². The van der Waals surface area contributed by atoms with Gasteiger partial charge in [0.2, 0.25) is 5.91 Å². The number of fused-ring (bicyclic) bond motifs is 1. The molecule has 1 aliphatic carbocycles. The van der Waals surface area contributed by atoms with Gasteiger partial charge in [0.1, 0.15) is 5.82 Å². The van der Waals surface area contributed by atoms with E-state index in [-0.39, 0.29) is 11.9 Å². The van der Waals surface area contributed by atoms with Crippen molar-refractivity contribution < 1.29 is 9.59 Å². The number of nitrogens with zero attached hydrogens (tertiary/aromatic N) is 5. The van der Waals surface area contributed by atoms with Gasteiger partial charge in [-0.1, -0.05) is 39.0 Å².